The molecule has 3 nitrogen and oxygen atoms in total. The van der Waals surface area contributed by atoms with E-state index < -0.39 is 0 Å². The number of nitrogens with zero attached hydrogens (tertiary/aromatic N) is 1. The van der Waals surface area contributed by atoms with Crippen LogP contribution >= 0.6 is 0 Å². The van der Waals surface area contributed by atoms with Crippen molar-refractivity contribution in [1.29, 1.82) is 0 Å². The summed E-state index contributed by atoms with van der Waals surface area (Å²) in [5, 5.41) is 3.19. The first-order valence-electron chi connectivity index (χ1n) is 5.97. The van der Waals surface area contributed by atoms with Crippen molar-refractivity contribution in [1.82, 2.24) is 0 Å². The molecule has 0 spiro atoms. The molecule has 0 bridgehead atoms. The second-order valence-corrected chi connectivity index (χ2v) is 4.28. The maximum Gasteiger partial charge on any atom is 0.193 e. The van der Waals surface area contributed by atoms with Gasteiger partial charge in [0.15, 0.2) is 5.96 Å². The van der Waals surface area contributed by atoms with Crippen LogP contribution in [0.2, 0.25) is 0 Å². The third-order valence-electron chi connectivity index (χ3n) is 2.67. The third kappa shape index (κ3) is 2.99. The molecule has 1 fully saturated rings. The van der Waals surface area contributed by atoms with E-state index in [0.29, 0.717) is 12.0 Å². The van der Waals surface area contributed by atoms with Gasteiger partial charge in [0.25, 0.3) is 0 Å². The highest BCUT2D eigenvalue weighted by molar-refractivity contribution is 5.93. The van der Waals surface area contributed by atoms with E-state index in [1.165, 1.54) is 18.4 Å². The second kappa shape index (κ2) is 5.01. The van der Waals surface area contributed by atoms with Crippen LogP contribution in [0.1, 0.15) is 31.7 Å². The molecule has 0 radical (unpaired) electrons. The summed E-state index contributed by atoms with van der Waals surface area (Å²) in [5.74, 6) is 0.547. The highest BCUT2D eigenvalue weighted by Crippen LogP contribution is 2.23. The highest BCUT2D eigenvalue weighted by atomic mass is 15.1. The summed E-state index contributed by atoms with van der Waals surface area (Å²) < 4.78 is 0. The van der Waals surface area contributed by atoms with Gasteiger partial charge in [-0.15, -0.1) is 0 Å². The summed E-state index contributed by atoms with van der Waals surface area (Å²) in [4.78, 5) is 4.37. The second-order valence-electron chi connectivity index (χ2n) is 4.28. The summed E-state index contributed by atoms with van der Waals surface area (Å²) in [6, 6.07) is 8.73. The first-order chi connectivity index (χ1) is 7.79. The van der Waals surface area contributed by atoms with E-state index in [9.17, 15) is 0 Å². The van der Waals surface area contributed by atoms with Gasteiger partial charge < -0.3 is 11.1 Å². The van der Waals surface area contributed by atoms with E-state index in [1.54, 1.807) is 0 Å². The highest BCUT2D eigenvalue weighted by Gasteiger charge is 2.20. The Morgan fingerprint density at radius 2 is 2.19 bits per heavy atom. The number of aryl methyl sites for hydroxylation is 1. The number of anilines is 1. The van der Waals surface area contributed by atoms with Crippen molar-refractivity contribution in [2.75, 3.05) is 5.32 Å². The standard InChI is InChI=1S/C13H19N3/c1-2-5-10-6-3-4-7-12(10)16-13(14)15-11-8-9-11/h3-4,6-7,11H,2,5,8-9H2,1H3,(H3,14,15,16). The molecule has 0 unspecified atom stereocenters. The topological polar surface area (TPSA) is 50.4 Å². The largest absolute Gasteiger partial charge is 0.370 e. The van der Waals surface area contributed by atoms with Crippen LogP contribution in [0.4, 0.5) is 5.69 Å². The average molecular weight is 217 g/mol. The maximum absolute atomic E-state index is 5.85. The van der Waals surface area contributed by atoms with Crippen molar-refractivity contribution in [3.05, 3.63) is 29.8 Å². The van der Waals surface area contributed by atoms with Crippen LogP contribution in [0.15, 0.2) is 29.3 Å². The molecule has 16 heavy (non-hydrogen) atoms. The molecule has 1 saturated carbocycles. The van der Waals surface area contributed by atoms with Crippen LogP contribution in [0, 0.1) is 0 Å². The number of para-hydroxylation sites is 1. The van der Waals surface area contributed by atoms with Gasteiger partial charge in [-0.3, -0.25) is 0 Å². The first-order valence-corrected chi connectivity index (χ1v) is 5.97. The van der Waals surface area contributed by atoms with E-state index in [4.69, 9.17) is 5.73 Å². The summed E-state index contributed by atoms with van der Waals surface area (Å²) in [6.07, 6.45) is 4.57. The molecular weight excluding hydrogens is 198 g/mol. The Balaban J connectivity index is 2.06. The quantitative estimate of drug-likeness (QED) is 0.601. The number of aliphatic imine (C=N–C) groups is 1. The summed E-state index contributed by atoms with van der Waals surface area (Å²) in [7, 11) is 0. The van der Waals surface area contributed by atoms with E-state index in [2.05, 4.69) is 35.4 Å². The van der Waals surface area contributed by atoms with Gasteiger partial charge in [-0.25, -0.2) is 4.99 Å². The summed E-state index contributed by atoms with van der Waals surface area (Å²) >= 11 is 0. The van der Waals surface area contributed by atoms with Gasteiger partial charge >= 0.3 is 0 Å². The van der Waals surface area contributed by atoms with Crippen LogP contribution in [0.25, 0.3) is 0 Å². The zero-order valence-electron chi connectivity index (χ0n) is 9.74. The zero-order chi connectivity index (χ0) is 11.4. The van der Waals surface area contributed by atoms with Gasteiger partial charge in [-0.1, -0.05) is 31.5 Å². The Morgan fingerprint density at radius 3 is 2.88 bits per heavy atom. The van der Waals surface area contributed by atoms with Crippen molar-refractivity contribution in [3.63, 3.8) is 0 Å². The number of nitrogens with two attached hydrogens (primary N) is 1. The molecular formula is C13H19N3. The number of benzene rings is 1. The van der Waals surface area contributed by atoms with Crippen molar-refractivity contribution < 1.29 is 0 Å². The van der Waals surface area contributed by atoms with Gasteiger partial charge in [0.2, 0.25) is 0 Å². The molecule has 0 atom stereocenters. The van der Waals surface area contributed by atoms with E-state index in [1.807, 2.05) is 6.07 Å². The number of hydrogen-bond donors (Lipinski definition) is 2. The van der Waals surface area contributed by atoms with Gasteiger partial charge in [0, 0.05) is 5.69 Å². The molecule has 1 aliphatic carbocycles. The Hall–Kier alpha value is -1.51. The predicted molar refractivity (Wildman–Crippen MR) is 68.7 cm³/mol. The Kier molecular flexibility index (Phi) is 3.44. The average Bonchev–Trinajstić information content (AvgIpc) is 3.05. The minimum absolute atomic E-state index is 0.464. The normalized spacial score (nSPS) is 16.2. The van der Waals surface area contributed by atoms with E-state index in [-0.39, 0.29) is 0 Å². The van der Waals surface area contributed by atoms with Gasteiger partial charge in [-0.2, -0.15) is 0 Å². The molecule has 1 aromatic carbocycles. The van der Waals surface area contributed by atoms with E-state index in [0.717, 1.165) is 18.5 Å². The summed E-state index contributed by atoms with van der Waals surface area (Å²) in [6.45, 7) is 2.18. The molecule has 1 aromatic rings. The monoisotopic (exact) mass is 217 g/mol. The Bertz CT molecular complexity index is 381. The van der Waals surface area contributed by atoms with Crippen LogP contribution in [0.5, 0.6) is 0 Å². The van der Waals surface area contributed by atoms with Crippen molar-refractivity contribution in [2.24, 2.45) is 10.7 Å². The van der Waals surface area contributed by atoms with Crippen LogP contribution < -0.4 is 11.1 Å². The van der Waals surface area contributed by atoms with Crippen LogP contribution in [0.3, 0.4) is 0 Å². The molecule has 0 heterocycles. The molecule has 0 aliphatic heterocycles. The third-order valence-corrected chi connectivity index (χ3v) is 2.67. The fourth-order valence-electron chi connectivity index (χ4n) is 1.70. The number of hydrogen-bond acceptors (Lipinski definition) is 1. The SMILES string of the molecule is CCCc1ccccc1NC(N)=NC1CC1. The van der Waals surface area contributed by atoms with Crippen molar-refractivity contribution >= 4 is 11.6 Å². The molecule has 3 N–H and O–H groups in total. The first kappa shape index (κ1) is 11.0. The van der Waals surface area contributed by atoms with Gasteiger partial charge in [0.05, 0.1) is 6.04 Å². The van der Waals surface area contributed by atoms with Crippen molar-refractivity contribution in [3.8, 4) is 0 Å². The molecule has 3 heteroatoms. The van der Waals surface area contributed by atoms with E-state index >= 15 is 0 Å². The fraction of sp³-hybridized carbons (Fsp3) is 0.462. The predicted octanol–water partition coefficient (Wildman–Crippen LogP) is 2.53. The minimum Gasteiger partial charge on any atom is -0.370 e. The fourth-order valence-corrected chi connectivity index (χ4v) is 1.70. The minimum atomic E-state index is 0.464. The number of guanidine groups is 1. The lowest BCUT2D eigenvalue weighted by molar-refractivity contribution is 0.923. The lowest BCUT2D eigenvalue weighted by Crippen LogP contribution is -2.23. The van der Waals surface area contributed by atoms with Gasteiger partial charge in [0.1, 0.15) is 0 Å². The van der Waals surface area contributed by atoms with Crippen LogP contribution in [-0.2, 0) is 6.42 Å². The molecule has 1 aliphatic rings. The van der Waals surface area contributed by atoms with Gasteiger partial charge in [-0.05, 0) is 30.9 Å². The van der Waals surface area contributed by atoms with Crippen LogP contribution in [-0.4, -0.2) is 12.0 Å². The maximum atomic E-state index is 5.85. The lowest BCUT2D eigenvalue weighted by Gasteiger charge is -2.10. The zero-order valence-corrected chi connectivity index (χ0v) is 9.74. The molecule has 0 saturated heterocycles. The summed E-state index contributed by atoms with van der Waals surface area (Å²) in [5.41, 5.74) is 8.24. The molecule has 86 valence electrons. The Morgan fingerprint density at radius 1 is 1.44 bits per heavy atom. The lowest BCUT2D eigenvalue weighted by atomic mass is 10.1. The molecule has 0 amide bonds. The molecule has 2 rings (SSSR count). The number of nitrogens with one attached hydrogen (secondary N) is 1. The van der Waals surface area contributed by atoms with Crippen molar-refractivity contribution in [2.45, 2.75) is 38.6 Å². The smallest absolute Gasteiger partial charge is 0.193 e. The Labute approximate surface area is 96.8 Å². The molecule has 0 aromatic heterocycles. The number of rotatable bonds is 4.